The van der Waals surface area contributed by atoms with Crippen molar-refractivity contribution < 1.29 is 5.11 Å². The average Bonchev–Trinajstić information content (AvgIpc) is 2.50. The Morgan fingerprint density at radius 1 is 1.19 bits per heavy atom. The minimum absolute atomic E-state index is 0.296. The van der Waals surface area contributed by atoms with E-state index in [4.69, 9.17) is 11.6 Å². The minimum atomic E-state index is 0.296. The summed E-state index contributed by atoms with van der Waals surface area (Å²) in [4.78, 5) is 4.31. The van der Waals surface area contributed by atoms with Crippen LogP contribution in [0.3, 0.4) is 0 Å². The van der Waals surface area contributed by atoms with Crippen LogP contribution in [0.25, 0.3) is 10.9 Å². The molecule has 0 aliphatic heterocycles. The first-order valence-electron chi connectivity index (χ1n) is 6.71. The molecular weight excluding hydrogens is 284 g/mol. The van der Waals surface area contributed by atoms with Gasteiger partial charge in [0, 0.05) is 29.4 Å². The molecule has 0 saturated heterocycles. The number of aromatic hydroxyl groups is 1. The number of phenolic OH excluding ortho intramolecular Hbond substituents is 1. The summed E-state index contributed by atoms with van der Waals surface area (Å²) >= 11 is 6.16. The predicted molar refractivity (Wildman–Crippen MR) is 86.9 cm³/mol. The number of aryl methyl sites for hydroxylation is 1. The summed E-state index contributed by atoms with van der Waals surface area (Å²) in [5, 5.41) is 14.8. The van der Waals surface area contributed by atoms with Crippen molar-refractivity contribution in [2.24, 2.45) is 0 Å². The molecule has 1 heterocycles. The van der Waals surface area contributed by atoms with Crippen LogP contribution >= 0.6 is 11.6 Å². The molecule has 21 heavy (non-hydrogen) atoms. The van der Waals surface area contributed by atoms with Crippen LogP contribution in [0, 0.1) is 6.92 Å². The first-order chi connectivity index (χ1) is 10.1. The minimum Gasteiger partial charge on any atom is -0.508 e. The third-order valence-corrected chi connectivity index (χ3v) is 3.73. The first kappa shape index (κ1) is 13.7. The van der Waals surface area contributed by atoms with E-state index in [1.165, 1.54) is 0 Å². The summed E-state index contributed by atoms with van der Waals surface area (Å²) in [6.45, 7) is 2.55. The van der Waals surface area contributed by atoms with E-state index in [1.807, 2.05) is 43.3 Å². The van der Waals surface area contributed by atoms with E-state index in [-0.39, 0.29) is 0 Å². The second-order valence-corrected chi connectivity index (χ2v) is 5.39. The number of nitrogens with zero attached hydrogens (tertiary/aromatic N) is 1. The number of nitrogens with one attached hydrogen (secondary N) is 1. The van der Waals surface area contributed by atoms with Crippen LogP contribution in [0.15, 0.2) is 48.7 Å². The quantitative estimate of drug-likeness (QED) is 0.747. The summed E-state index contributed by atoms with van der Waals surface area (Å²) in [7, 11) is 0. The highest BCUT2D eigenvalue weighted by atomic mass is 35.5. The Hall–Kier alpha value is -2.26. The molecule has 0 unspecified atom stereocenters. The lowest BCUT2D eigenvalue weighted by molar-refractivity contribution is 0.469. The van der Waals surface area contributed by atoms with Crippen molar-refractivity contribution in [1.82, 2.24) is 4.98 Å². The summed E-state index contributed by atoms with van der Waals surface area (Å²) < 4.78 is 0. The number of pyridine rings is 1. The summed E-state index contributed by atoms with van der Waals surface area (Å²) in [6, 6.07) is 13.2. The van der Waals surface area contributed by atoms with Crippen molar-refractivity contribution in [2.75, 3.05) is 5.32 Å². The van der Waals surface area contributed by atoms with Gasteiger partial charge in [0.2, 0.25) is 0 Å². The zero-order valence-corrected chi connectivity index (χ0v) is 12.4. The Balaban J connectivity index is 1.92. The highest BCUT2D eigenvalue weighted by Crippen LogP contribution is 2.29. The zero-order valence-electron chi connectivity index (χ0n) is 11.6. The molecule has 106 valence electrons. The summed E-state index contributed by atoms with van der Waals surface area (Å²) in [5.74, 6) is 0.296. The Bertz CT molecular complexity index is 802. The molecular formula is C17H15ClN2O. The number of rotatable bonds is 3. The van der Waals surface area contributed by atoms with Gasteiger partial charge in [0.05, 0.1) is 10.5 Å². The normalized spacial score (nSPS) is 10.8. The van der Waals surface area contributed by atoms with Gasteiger partial charge in [-0.1, -0.05) is 29.3 Å². The van der Waals surface area contributed by atoms with Gasteiger partial charge < -0.3 is 10.4 Å². The fraction of sp³-hybridized carbons (Fsp3) is 0.118. The second kappa shape index (κ2) is 5.62. The van der Waals surface area contributed by atoms with Gasteiger partial charge in [-0.15, -0.1) is 0 Å². The molecule has 0 spiro atoms. The van der Waals surface area contributed by atoms with Crippen molar-refractivity contribution in [3.8, 4) is 5.75 Å². The maximum absolute atomic E-state index is 9.90. The van der Waals surface area contributed by atoms with Crippen molar-refractivity contribution in [3.63, 3.8) is 0 Å². The Morgan fingerprint density at radius 2 is 2.05 bits per heavy atom. The number of halogens is 1. The van der Waals surface area contributed by atoms with Gasteiger partial charge in [-0.2, -0.15) is 0 Å². The number of anilines is 1. The van der Waals surface area contributed by atoms with Gasteiger partial charge in [-0.05, 0) is 37.3 Å². The third kappa shape index (κ3) is 2.78. The molecule has 0 aliphatic carbocycles. The molecule has 3 aromatic rings. The number of hydrogen-bond acceptors (Lipinski definition) is 3. The zero-order chi connectivity index (χ0) is 14.8. The second-order valence-electron chi connectivity index (χ2n) is 4.98. The van der Waals surface area contributed by atoms with Crippen LogP contribution in [0.4, 0.5) is 5.69 Å². The van der Waals surface area contributed by atoms with Crippen molar-refractivity contribution in [3.05, 3.63) is 64.8 Å². The fourth-order valence-electron chi connectivity index (χ4n) is 2.34. The van der Waals surface area contributed by atoms with Crippen LogP contribution in [0.5, 0.6) is 5.75 Å². The van der Waals surface area contributed by atoms with Crippen LogP contribution in [-0.4, -0.2) is 10.1 Å². The largest absolute Gasteiger partial charge is 0.508 e. The number of aromatic nitrogens is 1. The van der Waals surface area contributed by atoms with E-state index >= 15 is 0 Å². The number of hydrogen-bond donors (Lipinski definition) is 2. The van der Waals surface area contributed by atoms with E-state index < -0.39 is 0 Å². The molecule has 2 aromatic carbocycles. The SMILES string of the molecule is Cc1ccc(O)c(CNc2ccc(Cl)c3ncccc23)c1. The molecule has 0 aliphatic rings. The van der Waals surface area contributed by atoms with E-state index in [0.717, 1.165) is 27.7 Å². The Kier molecular flexibility index (Phi) is 3.67. The highest BCUT2D eigenvalue weighted by Gasteiger charge is 2.06. The Morgan fingerprint density at radius 3 is 2.90 bits per heavy atom. The summed E-state index contributed by atoms with van der Waals surface area (Å²) in [5.41, 5.74) is 3.70. The van der Waals surface area contributed by atoms with Crippen LogP contribution in [-0.2, 0) is 6.54 Å². The van der Waals surface area contributed by atoms with Gasteiger partial charge >= 0.3 is 0 Å². The molecule has 3 rings (SSSR count). The molecule has 0 atom stereocenters. The highest BCUT2D eigenvalue weighted by molar-refractivity contribution is 6.35. The molecule has 1 aromatic heterocycles. The van der Waals surface area contributed by atoms with Crippen molar-refractivity contribution in [1.29, 1.82) is 0 Å². The standard InChI is InChI=1S/C17H15ClN2O/c1-11-4-7-16(21)12(9-11)10-20-15-6-5-14(18)17-13(15)3-2-8-19-17/h2-9,20-21H,10H2,1H3. The van der Waals surface area contributed by atoms with Gasteiger partial charge in [0.1, 0.15) is 5.75 Å². The first-order valence-corrected chi connectivity index (χ1v) is 7.08. The maximum Gasteiger partial charge on any atom is 0.120 e. The van der Waals surface area contributed by atoms with Gasteiger partial charge in [-0.25, -0.2) is 0 Å². The molecule has 0 bridgehead atoms. The van der Waals surface area contributed by atoms with E-state index in [1.54, 1.807) is 12.3 Å². The lowest BCUT2D eigenvalue weighted by atomic mass is 10.1. The molecule has 0 amide bonds. The monoisotopic (exact) mass is 298 g/mol. The van der Waals surface area contributed by atoms with Gasteiger partial charge in [0.25, 0.3) is 0 Å². The van der Waals surface area contributed by atoms with Crippen LogP contribution in [0.2, 0.25) is 5.02 Å². The molecule has 3 nitrogen and oxygen atoms in total. The number of phenols is 1. The molecule has 4 heteroatoms. The molecule has 0 saturated carbocycles. The topological polar surface area (TPSA) is 45.1 Å². The maximum atomic E-state index is 9.90. The average molecular weight is 299 g/mol. The van der Waals surface area contributed by atoms with Gasteiger partial charge in [-0.3, -0.25) is 4.98 Å². The summed E-state index contributed by atoms with van der Waals surface area (Å²) in [6.07, 6.45) is 1.73. The third-order valence-electron chi connectivity index (χ3n) is 3.42. The van der Waals surface area contributed by atoms with Crippen LogP contribution in [0.1, 0.15) is 11.1 Å². The number of fused-ring (bicyclic) bond motifs is 1. The smallest absolute Gasteiger partial charge is 0.120 e. The van der Waals surface area contributed by atoms with Crippen molar-refractivity contribution >= 4 is 28.2 Å². The lowest BCUT2D eigenvalue weighted by Crippen LogP contribution is -2.01. The number of benzene rings is 2. The van der Waals surface area contributed by atoms with E-state index in [2.05, 4.69) is 10.3 Å². The van der Waals surface area contributed by atoms with Gasteiger partial charge in [0.15, 0.2) is 0 Å². The predicted octanol–water partition coefficient (Wildman–Crippen LogP) is 4.51. The molecule has 2 N–H and O–H groups in total. The van der Waals surface area contributed by atoms with Crippen molar-refractivity contribution in [2.45, 2.75) is 13.5 Å². The van der Waals surface area contributed by atoms with Crippen LogP contribution < -0.4 is 5.32 Å². The fourth-order valence-corrected chi connectivity index (χ4v) is 2.55. The Labute approximate surface area is 128 Å². The van der Waals surface area contributed by atoms with E-state index in [0.29, 0.717) is 17.3 Å². The molecule has 0 radical (unpaired) electrons. The lowest BCUT2D eigenvalue weighted by Gasteiger charge is -2.12. The van der Waals surface area contributed by atoms with E-state index in [9.17, 15) is 5.11 Å². The molecule has 0 fully saturated rings.